The molecule has 2 aliphatic rings. The Morgan fingerprint density at radius 3 is 2.71 bits per heavy atom. The number of H-pyrrole nitrogens is 1. The second kappa shape index (κ2) is 5.60. The van der Waals surface area contributed by atoms with E-state index >= 15 is 0 Å². The molecule has 4 rings (SSSR count). The molecule has 1 aliphatic carbocycles. The third-order valence-corrected chi connectivity index (χ3v) is 4.82. The molecule has 0 bridgehead atoms. The number of nitrogens with one attached hydrogen (secondary N) is 1. The predicted octanol–water partition coefficient (Wildman–Crippen LogP) is 1.67. The molecule has 0 aromatic carbocycles. The fourth-order valence-electron chi connectivity index (χ4n) is 3.57. The molecule has 1 N–H and O–H groups in total. The average molecular weight is 286 g/mol. The Labute approximate surface area is 124 Å². The van der Waals surface area contributed by atoms with Crippen LogP contribution in [0.3, 0.4) is 0 Å². The number of hydrogen-bond donors (Lipinski definition) is 1. The van der Waals surface area contributed by atoms with Gasteiger partial charge in [-0.05, 0) is 18.8 Å². The summed E-state index contributed by atoms with van der Waals surface area (Å²) in [5, 5.41) is 7.89. The van der Waals surface area contributed by atoms with Crippen LogP contribution < -0.4 is 4.90 Å². The first kappa shape index (κ1) is 13.0. The zero-order valence-electron chi connectivity index (χ0n) is 12.3. The van der Waals surface area contributed by atoms with Crippen molar-refractivity contribution in [2.24, 2.45) is 5.92 Å². The van der Waals surface area contributed by atoms with Gasteiger partial charge in [0.05, 0.1) is 11.6 Å². The van der Waals surface area contributed by atoms with Crippen LogP contribution in [0.5, 0.6) is 0 Å². The number of fused-ring (bicyclic) bond motifs is 1. The Kier molecular flexibility index (Phi) is 3.47. The van der Waals surface area contributed by atoms with E-state index < -0.39 is 0 Å². The Morgan fingerprint density at radius 1 is 1.10 bits per heavy atom. The summed E-state index contributed by atoms with van der Waals surface area (Å²) >= 11 is 0. The van der Waals surface area contributed by atoms with Crippen LogP contribution in [0.25, 0.3) is 11.0 Å². The number of aromatic amines is 1. The van der Waals surface area contributed by atoms with E-state index in [1.807, 2.05) is 6.20 Å². The number of rotatable bonds is 3. The standard InChI is InChI=1S/C15H22N6/c1-2-4-12(3-1)11-20-5-7-21(8-6-20)15-16-9-13-10-17-19-14(13)18-15/h9-10,12H,1-8,11H2,(H,16,17,18,19). The van der Waals surface area contributed by atoms with Crippen LogP contribution in [0.2, 0.25) is 0 Å². The first-order valence-electron chi connectivity index (χ1n) is 8.02. The molecule has 112 valence electrons. The van der Waals surface area contributed by atoms with Gasteiger partial charge in [0.25, 0.3) is 0 Å². The number of nitrogens with zero attached hydrogens (tertiary/aromatic N) is 5. The first-order chi connectivity index (χ1) is 10.4. The lowest BCUT2D eigenvalue weighted by molar-refractivity contribution is 0.219. The summed E-state index contributed by atoms with van der Waals surface area (Å²) < 4.78 is 0. The molecule has 3 heterocycles. The van der Waals surface area contributed by atoms with Crippen molar-refractivity contribution in [3.63, 3.8) is 0 Å². The van der Waals surface area contributed by atoms with Crippen molar-refractivity contribution in [1.82, 2.24) is 25.1 Å². The van der Waals surface area contributed by atoms with E-state index in [1.165, 1.54) is 32.2 Å². The van der Waals surface area contributed by atoms with E-state index in [4.69, 9.17) is 0 Å². The fraction of sp³-hybridized carbons (Fsp3) is 0.667. The van der Waals surface area contributed by atoms with Crippen molar-refractivity contribution in [2.45, 2.75) is 25.7 Å². The van der Waals surface area contributed by atoms with Gasteiger partial charge >= 0.3 is 0 Å². The molecule has 0 unspecified atom stereocenters. The highest BCUT2D eigenvalue weighted by atomic mass is 15.3. The molecule has 2 aromatic heterocycles. The summed E-state index contributed by atoms with van der Waals surface area (Å²) in [5.41, 5.74) is 0.827. The Hall–Kier alpha value is -1.69. The van der Waals surface area contributed by atoms with Gasteiger partial charge in [-0.1, -0.05) is 12.8 Å². The summed E-state index contributed by atoms with van der Waals surface area (Å²) in [6, 6.07) is 0. The smallest absolute Gasteiger partial charge is 0.227 e. The quantitative estimate of drug-likeness (QED) is 0.930. The number of piperazine rings is 1. The lowest BCUT2D eigenvalue weighted by Crippen LogP contribution is -2.48. The molecule has 2 aromatic rings. The molecule has 0 radical (unpaired) electrons. The molecular weight excluding hydrogens is 264 g/mol. The fourth-order valence-corrected chi connectivity index (χ4v) is 3.57. The zero-order valence-corrected chi connectivity index (χ0v) is 12.3. The number of aromatic nitrogens is 4. The van der Waals surface area contributed by atoms with Crippen molar-refractivity contribution >= 4 is 17.0 Å². The van der Waals surface area contributed by atoms with Gasteiger partial charge in [0, 0.05) is 38.9 Å². The van der Waals surface area contributed by atoms with Gasteiger partial charge < -0.3 is 4.90 Å². The lowest BCUT2D eigenvalue weighted by atomic mass is 10.1. The molecule has 0 spiro atoms. The predicted molar refractivity (Wildman–Crippen MR) is 82.3 cm³/mol. The Bertz CT molecular complexity index is 595. The minimum Gasteiger partial charge on any atom is -0.338 e. The van der Waals surface area contributed by atoms with E-state index in [0.717, 1.165) is 49.1 Å². The molecule has 0 atom stereocenters. The normalized spacial score (nSPS) is 21.4. The average Bonchev–Trinajstić information content (AvgIpc) is 3.18. The minimum atomic E-state index is 0.826. The molecule has 2 fully saturated rings. The maximum absolute atomic E-state index is 4.57. The van der Waals surface area contributed by atoms with Crippen LogP contribution in [0.4, 0.5) is 5.95 Å². The van der Waals surface area contributed by atoms with Gasteiger partial charge in [-0.2, -0.15) is 10.1 Å². The SMILES string of the molecule is c1n[nH]c2nc(N3CCN(CC4CCCC4)CC3)ncc12. The van der Waals surface area contributed by atoms with E-state index in [1.54, 1.807) is 6.20 Å². The second-order valence-electron chi connectivity index (χ2n) is 6.28. The van der Waals surface area contributed by atoms with Gasteiger partial charge in [0.1, 0.15) is 0 Å². The van der Waals surface area contributed by atoms with Crippen LogP contribution >= 0.6 is 0 Å². The molecule has 6 heteroatoms. The van der Waals surface area contributed by atoms with Gasteiger partial charge in [0.15, 0.2) is 5.65 Å². The Morgan fingerprint density at radius 2 is 1.90 bits per heavy atom. The van der Waals surface area contributed by atoms with Crippen LogP contribution in [0, 0.1) is 5.92 Å². The first-order valence-corrected chi connectivity index (χ1v) is 8.02. The molecule has 21 heavy (non-hydrogen) atoms. The van der Waals surface area contributed by atoms with Gasteiger partial charge in [-0.3, -0.25) is 10.00 Å². The van der Waals surface area contributed by atoms with E-state index in [2.05, 4.69) is 30.0 Å². The maximum atomic E-state index is 4.57. The van der Waals surface area contributed by atoms with Crippen molar-refractivity contribution in [3.8, 4) is 0 Å². The largest absolute Gasteiger partial charge is 0.338 e. The number of hydrogen-bond acceptors (Lipinski definition) is 5. The molecule has 1 saturated heterocycles. The minimum absolute atomic E-state index is 0.826. The molecule has 6 nitrogen and oxygen atoms in total. The highest BCUT2D eigenvalue weighted by molar-refractivity contribution is 5.73. The summed E-state index contributed by atoms with van der Waals surface area (Å²) in [6.07, 6.45) is 9.34. The van der Waals surface area contributed by atoms with Crippen LogP contribution in [-0.4, -0.2) is 57.8 Å². The van der Waals surface area contributed by atoms with Crippen LogP contribution in [0.1, 0.15) is 25.7 Å². The zero-order chi connectivity index (χ0) is 14.1. The summed E-state index contributed by atoms with van der Waals surface area (Å²) in [4.78, 5) is 13.9. The lowest BCUT2D eigenvalue weighted by Gasteiger charge is -2.35. The topological polar surface area (TPSA) is 60.9 Å². The van der Waals surface area contributed by atoms with E-state index in [0.29, 0.717) is 0 Å². The monoisotopic (exact) mass is 286 g/mol. The third-order valence-electron chi connectivity index (χ3n) is 4.82. The van der Waals surface area contributed by atoms with Crippen LogP contribution in [-0.2, 0) is 0 Å². The summed E-state index contributed by atoms with van der Waals surface area (Å²) in [7, 11) is 0. The number of anilines is 1. The molecule has 0 amide bonds. The van der Waals surface area contributed by atoms with Gasteiger partial charge in [-0.25, -0.2) is 4.98 Å². The van der Waals surface area contributed by atoms with E-state index in [-0.39, 0.29) is 0 Å². The van der Waals surface area contributed by atoms with Gasteiger partial charge in [-0.15, -0.1) is 0 Å². The van der Waals surface area contributed by atoms with Crippen molar-refractivity contribution in [2.75, 3.05) is 37.6 Å². The van der Waals surface area contributed by atoms with E-state index in [9.17, 15) is 0 Å². The van der Waals surface area contributed by atoms with Crippen molar-refractivity contribution in [1.29, 1.82) is 0 Å². The summed E-state index contributed by atoms with van der Waals surface area (Å²) in [5.74, 6) is 1.77. The van der Waals surface area contributed by atoms with Crippen molar-refractivity contribution in [3.05, 3.63) is 12.4 Å². The molecular formula is C15H22N6. The third kappa shape index (κ3) is 2.72. The molecule has 1 aliphatic heterocycles. The second-order valence-corrected chi connectivity index (χ2v) is 6.28. The maximum Gasteiger partial charge on any atom is 0.227 e. The highest BCUT2D eigenvalue weighted by Crippen LogP contribution is 2.26. The van der Waals surface area contributed by atoms with Crippen molar-refractivity contribution < 1.29 is 0 Å². The Balaban J connectivity index is 1.37. The molecule has 1 saturated carbocycles. The summed E-state index contributed by atoms with van der Waals surface area (Å²) in [6.45, 7) is 5.58. The highest BCUT2D eigenvalue weighted by Gasteiger charge is 2.23. The van der Waals surface area contributed by atoms with Crippen LogP contribution in [0.15, 0.2) is 12.4 Å². The van der Waals surface area contributed by atoms with Gasteiger partial charge in [0.2, 0.25) is 5.95 Å².